The van der Waals surface area contributed by atoms with E-state index in [-0.39, 0.29) is 21.4 Å². The van der Waals surface area contributed by atoms with Gasteiger partial charge in [-0.1, -0.05) is 23.2 Å². The highest BCUT2D eigenvalue weighted by molar-refractivity contribution is 6.41. The number of hydrogen-bond donors (Lipinski definition) is 1. The topological polar surface area (TPSA) is 85.1 Å². The molecule has 1 heterocycles. The Labute approximate surface area is 127 Å². The first-order chi connectivity index (χ1) is 9.88. The third-order valence-corrected chi connectivity index (χ3v) is 3.16. The van der Waals surface area contributed by atoms with Gasteiger partial charge in [0, 0.05) is 12.3 Å². The lowest BCUT2D eigenvalue weighted by molar-refractivity contribution is -0.385. The Morgan fingerprint density at radius 2 is 2.05 bits per heavy atom. The van der Waals surface area contributed by atoms with Crippen molar-refractivity contribution < 1.29 is 14.1 Å². The van der Waals surface area contributed by atoms with Crippen LogP contribution in [-0.4, -0.2) is 15.8 Å². The Bertz CT molecular complexity index is 740. The summed E-state index contributed by atoms with van der Waals surface area (Å²) >= 11 is 11.3. The number of nitrogens with one attached hydrogen (secondary N) is 1. The number of anilines is 1. The van der Waals surface area contributed by atoms with Crippen LogP contribution in [-0.2, 0) is 0 Å². The van der Waals surface area contributed by atoms with E-state index >= 15 is 0 Å². The fraction of sp³-hybridized carbons (Fsp3) is 0. The third-order valence-electron chi connectivity index (χ3n) is 2.47. The van der Waals surface area contributed by atoms with E-state index in [0.29, 0.717) is 6.07 Å². The molecule has 2 rings (SSSR count). The van der Waals surface area contributed by atoms with Crippen molar-refractivity contribution in [3.05, 3.63) is 62.1 Å². The van der Waals surface area contributed by atoms with Gasteiger partial charge in [-0.25, -0.2) is 9.37 Å². The number of nitro groups is 1. The fourth-order valence-corrected chi connectivity index (χ4v) is 1.73. The molecule has 0 fully saturated rings. The van der Waals surface area contributed by atoms with Gasteiger partial charge in [0.1, 0.15) is 5.15 Å². The normalized spacial score (nSPS) is 10.2. The van der Waals surface area contributed by atoms with Crippen molar-refractivity contribution in [3.63, 3.8) is 0 Å². The third kappa shape index (κ3) is 3.45. The van der Waals surface area contributed by atoms with E-state index in [4.69, 9.17) is 23.2 Å². The molecule has 1 aromatic heterocycles. The molecule has 21 heavy (non-hydrogen) atoms. The van der Waals surface area contributed by atoms with Gasteiger partial charge in [0.05, 0.1) is 27.3 Å². The number of amides is 1. The molecular formula is C12H6Cl2FN3O3. The lowest BCUT2D eigenvalue weighted by Gasteiger charge is -2.06. The number of hydrogen-bond acceptors (Lipinski definition) is 4. The van der Waals surface area contributed by atoms with Crippen LogP contribution in [0.5, 0.6) is 0 Å². The smallest absolute Gasteiger partial charge is 0.272 e. The van der Waals surface area contributed by atoms with Crippen molar-refractivity contribution >= 4 is 40.5 Å². The molecule has 1 N–H and O–H groups in total. The van der Waals surface area contributed by atoms with Crippen LogP contribution in [0, 0.1) is 15.9 Å². The second-order valence-electron chi connectivity index (χ2n) is 3.87. The van der Waals surface area contributed by atoms with Crippen molar-refractivity contribution in [1.29, 1.82) is 0 Å². The molecule has 0 spiro atoms. The number of rotatable bonds is 3. The molecule has 6 nitrogen and oxygen atoms in total. The van der Waals surface area contributed by atoms with Crippen LogP contribution >= 0.6 is 23.2 Å². The Balaban J connectivity index is 2.23. The fourth-order valence-electron chi connectivity index (χ4n) is 1.46. The molecule has 0 saturated heterocycles. The molecular weight excluding hydrogens is 324 g/mol. The summed E-state index contributed by atoms with van der Waals surface area (Å²) in [7, 11) is 0. The first-order valence-electron chi connectivity index (χ1n) is 5.45. The molecule has 9 heteroatoms. The van der Waals surface area contributed by atoms with Gasteiger partial charge in [-0.3, -0.25) is 14.9 Å². The number of non-ortho nitro benzene ring substituents is 1. The summed E-state index contributed by atoms with van der Waals surface area (Å²) in [6, 6.07) is 4.15. The van der Waals surface area contributed by atoms with E-state index in [1.807, 2.05) is 0 Å². The molecule has 0 unspecified atom stereocenters. The summed E-state index contributed by atoms with van der Waals surface area (Å²) < 4.78 is 13.6. The van der Waals surface area contributed by atoms with E-state index < -0.39 is 22.3 Å². The summed E-state index contributed by atoms with van der Waals surface area (Å²) in [6.07, 6.45) is 1.17. The van der Waals surface area contributed by atoms with Crippen LogP contribution in [0.1, 0.15) is 10.4 Å². The number of nitro benzene ring substituents is 1. The molecule has 0 atom stereocenters. The van der Waals surface area contributed by atoms with E-state index in [1.165, 1.54) is 12.3 Å². The van der Waals surface area contributed by atoms with Crippen LogP contribution in [0.2, 0.25) is 10.2 Å². The lowest BCUT2D eigenvalue weighted by Crippen LogP contribution is -2.13. The Kier molecular flexibility index (Phi) is 4.35. The second kappa shape index (κ2) is 6.02. The highest BCUT2D eigenvalue weighted by Crippen LogP contribution is 2.23. The first kappa shape index (κ1) is 15.1. The second-order valence-corrected chi connectivity index (χ2v) is 4.64. The minimum absolute atomic E-state index is 0.0368. The van der Waals surface area contributed by atoms with Crippen LogP contribution in [0.15, 0.2) is 30.5 Å². The summed E-state index contributed by atoms with van der Waals surface area (Å²) in [4.78, 5) is 25.3. The highest BCUT2D eigenvalue weighted by atomic mass is 35.5. The van der Waals surface area contributed by atoms with Gasteiger partial charge in [-0.05, 0) is 12.1 Å². The van der Waals surface area contributed by atoms with Crippen molar-refractivity contribution in [2.24, 2.45) is 0 Å². The molecule has 108 valence electrons. The SMILES string of the molecule is O=C(Nc1ccc([N+](=O)[O-])cc1F)c1cnc(Cl)c(Cl)c1. The van der Waals surface area contributed by atoms with Gasteiger partial charge in [0.25, 0.3) is 11.6 Å². The molecule has 1 amide bonds. The summed E-state index contributed by atoms with van der Waals surface area (Å²) in [5.41, 5.74) is -0.541. The Hall–Kier alpha value is -2.25. The number of carbonyl (C=O) groups is 1. The predicted octanol–water partition coefficient (Wildman–Crippen LogP) is 3.69. The molecule has 0 aliphatic heterocycles. The summed E-state index contributed by atoms with van der Waals surface area (Å²) in [5.74, 6) is -1.60. The van der Waals surface area contributed by atoms with Crippen molar-refractivity contribution in [2.45, 2.75) is 0 Å². The van der Waals surface area contributed by atoms with Crippen LogP contribution in [0.25, 0.3) is 0 Å². The van der Waals surface area contributed by atoms with Gasteiger partial charge in [0.15, 0.2) is 5.82 Å². The van der Waals surface area contributed by atoms with E-state index in [1.54, 1.807) is 0 Å². The zero-order valence-electron chi connectivity index (χ0n) is 10.1. The average molecular weight is 330 g/mol. The quantitative estimate of drug-likeness (QED) is 0.528. The predicted molar refractivity (Wildman–Crippen MR) is 75.3 cm³/mol. The van der Waals surface area contributed by atoms with Crippen molar-refractivity contribution in [3.8, 4) is 0 Å². The molecule has 1 aromatic carbocycles. The summed E-state index contributed by atoms with van der Waals surface area (Å²) in [5, 5.41) is 12.9. The molecule has 0 aliphatic rings. The van der Waals surface area contributed by atoms with Gasteiger partial charge in [-0.2, -0.15) is 0 Å². The largest absolute Gasteiger partial charge is 0.319 e. The van der Waals surface area contributed by atoms with Crippen LogP contribution in [0.4, 0.5) is 15.8 Å². The van der Waals surface area contributed by atoms with Crippen molar-refractivity contribution in [1.82, 2.24) is 4.98 Å². The number of benzene rings is 1. The highest BCUT2D eigenvalue weighted by Gasteiger charge is 2.14. The maximum absolute atomic E-state index is 13.6. The summed E-state index contributed by atoms with van der Waals surface area (Å²) in [6.45, 7) is 0. The first-order valence-corrected chi connectivity index (χ1v) is 6.20. The standard InChI is InChI=1S/C12H6Cl2FN3O3/c13-8-3-6(5-16-11(8)14)12(19)17-10-2-1-7(18(20)21)4-9(10)15/h1-5H,(H,17,19). The van der Waals surface area contributed by atoms with Crippen LogP contribution < -0.4 is 5.32 Å². The number of carbonyl (C=O) groups excluding carboxylic acids is 1. The maximum Gasteiger partial charge on any atom is 0.272 e. The zero-order chi connectivity index (χ0) is 15.6. The lowest BCUT2D eigenvalue weighted by atomic mass is 10.2. The number of pyridine rings is 1. The minimum Gasteiger partial charge on any atom is -0.319 e. The average Bonchev–Trinajstić information content (AvgIpc) is 2.43. The number of aromatic nitrogens is 1. The minimum atomic E-state index is -0.925. The van der Waals surface area contributed by atoms with Crippen molar-refractivity contribution in [2.75, 3.05) is 5.32 Å². The van der Waals surface area contributed by atoms with E-state index in [2.05, 4.69) is 10.3 Å². The molecule has 0 radical (unpaired) electrons. The Morgan fingerprint density at radius 1 is 1.33 bits per heavy atom. The number of halogens is 3. The maximum atomic E-state index is 13.6. The van der Waals surface area contributed by atoms with E-state index in [0.717, 1.165) is 12.1 Å². The van der Waals surface area contributed by atoms with Gasteiger partial charge in [-0.15, -0.1) is 0 Å². The number of nitrogens with zero attached hydrogens (tertiary/aromatic N) is 2. The Morgan fingerprint density at radius 3 is 2.62 bits per heavy atom. The molecule has 0 bridgehead atoms. The molecule has 0 saturated carbocycles. The van der Waals surface area contributed by atoms with E-state index in [9.17, 15) is 19.3 Å². The van der Waals surface area contributed by atoms with Gasteiger partial charge >= 0.3 is 0 Å². The van der Waals surface area contributed by atoms with Crippen LogP contribution in [0.3, 0.4) is 0 Å². The van der Waals surface area contributed by atoms with Gasteiger partial charge < -0.3 is 5.32 Å². The monoisotopic (exact) mass is 329 g/mol. The molecule has 0 aliphatic carbocycles. The molecule has 2 aromatic rings. The van der Waals surface area contributed by atoms with Gasteiger partial charge in [0.2, 0.25) is 0 Å². The zero-order valence-corrected chi connectivity index (χ0v) is 11.7.